The van der Waals surface area contributed by atoms with Gasteiger partial charge >= 0.3 is 6.36 Å². The summed E-state index contributed by atoms with van der Waals surface area (Å²) < 4.78 is 55.7. The molecule has 5 heteroatoms. The van der Waals surface area contributed by atoms with Gasteiger partial charge < -0.3 is 4.74 Å². The second-order valence-electron chi connectivity index (χ2n) is 8.39. The molecule has 0 radical (unpaired) electrons. The highest BCUT2D eigenvalue weighted by Gasteiger charge is 2.33. The first-order chi connectivity index (χ1) is 14.9. The smallest absolute Gasteiger partial charge is 0.406 e. The number of benzene rings is 3. The predicted octanol–water partition coefficient (Wildman–Crippen LogP) is 8.15. The number of fused-ring (bicyclic) bond motifs is 3. The molecule has 0 saturated carbocycles. The van der Waals surface area contributed by atoms with Crippen molar-refractivity contribution in [3.8, 4) is 5.75 Å². The molecule has 1 aliphatic carbocycles. The summed E-state index contributed by atoms with van der Waals surface area (Å²) in [4.78, 5) is 0. The van der Waals surface area contributed by atoms with Crippen LogP contribution in [0.4, 0.5) is 17.6 Å². The van der Waals surface area contributed by atoms with E-state index in [4.69, 9.17) is 0 Å². The molecule has 0 amide bonds. The van der Waals surface area contributed by atoms with Crippen LogP contribution in [0.15, 0.2) is 54.6 Å². The van der Waals surface area contributed by atoms with E-state index in [1.165, 1.54) is 18.2 Å². The SMILES string of the molecule is CCCCC[C@@H]1CCc2c(ccc3ccc(F)cc23)[C@H]1c1ccc(OC(F)(F)F)cc1. The zero-order valence-corrected chi connectivity index (χ0v) is 17.5. The zero-order chi connectivity index (χ0) is 22.0. The Hall–Kier alpha value is -2.56. The molecule has 0 bridgehead atoms. The number of unbranched alkanes of at least 4 members (excludes halogenated alkanes) is 2. The van der Waals surface area contributed by atoms with Crippen molar-refractivity contribution in [2.45, 2.75) is 57.7 Å². The number of hydrogen-bond acceptors (Lipinski definition) is 1. The van der Waals surface area contributed by atoms with Crippen molar-refractivity contribution in [2.24, 2.45) is 5.92 Å². The maximum Gasteiger partial charge on any atom is 0.573 e. The van der Waals surface area contributed by atoms with E-state index < -0.39 is 6.36 Å². The Kier molecular flexibility index (Phi) is 6.22. The van der Waals surface area contributed by atoms with Crippen molar-refractivity contribution in [1.29, 1.82) is 0 Å². The van der Waals surface area contributed by atoms with Gasteiger partial charge in [-0.3, -0.25) is 0 Å². The van der Waals surface area contributed by atoms with Crippen molar-refractivity contribution in [2.75, 3.05) is 0 Å². The van der Waals surface area contributed by atoms with Gasteiger partial charge in [0.25, 0.3) is 0 Å². The lowest BCUT2D eigenvalue weighted by Crippen LogP contribution is -2.22. The summed E-state index contributed by atoms with van der Waals surface area (Å²) in [6, 6.07) is 15.3. The molecular formula is C26H26F4O. The normalized spacial score (nSPS) is 18.7. The monoisotopic (exact) mass is 430 g/mol. The molecule has 0 saturated heterocycles. The molecule has 0 aromatic heterocycles. The average molecular weight is 430 g/mol. The molecule has 0 unspecified atom stereocenters. The van der Waals surface area contributed by atoms with Gasteiger partial charge in [-0.1, -0.05) is 56.5 Å². The standard InChI is InChI=1S/C26H26F4O/c1-2-3-4-5-18-10-14-22-23(15-9-17-6-11-20(27)16-24(17)22)25(18)19-7-12-21(13-8-19)31-26(28,29)30/h6-9,11-13,15-16,18,25H,2-5,10,14H2,1H3/t18-,25-/m1/s1. The second kappa shape index (κ2) is 8.89. The summed E-state index contributed by atoms with van der Waals surface area (Å²) in [6.45, 7) is 2.17. The molecule has 0 spiro atoms. The first-order valence-corrected chi connectivity index (χ1v) is 10.9. The van der Waals surface area contributed by atoms with Crippen molar-refractivity contribution in [3.05, 3.63) is 77.1 Å². The minimum atomic E-state index is -4.70. The zero-order valence-electron chi connectivity index (χ0n) is 17.5. The Bertz CT molecular complexity index is 1040. The number of rotatable bonds is 6. The fraction of sp³-hybridized carbons (Fsp3) is 0.385. The van der Waals surface area contributed by atoms with Crippen LogP contribution in [0.1, 0.15) is 61.6 Å². The largest absolute Gasteiger partial charge is 0.573 e. The molecule has 0 heterocycles. The third-order valence-corrected chi connectivity index (χ3v) is 6.35. The maximum atomic E-state index is 14.0. The minimum Gasteiger partial charge on any atom is -0.406 e. The lowest BCUT2D eigenvalue weighted by Gasteiger charge is -2.35. The Balaban J connectivity index is 1.74. The van der Waals surface area contributed by atoms with E-state index in [0.717, 1.165) is 66.0 Å². The highest BCUT2D eigenvalue weighted by Crippen LogP contribution is 2.45. The molecule has 3 aromatic rings. The van der Waals surface area contributed by atoms with Crippen molar-refractivity contribution < 1.29 is 22.3 Å². The second-order valence-corrected chi connectivity index (χ2v) is 8.39. The van der Waals surface area contributed by atoms with Crippen LogP contribution < -0.4 is 4.74 Å². The topological polar surface area (TPSA) is 9.23 Å². The number of alkyl halides is 3. The van der Waals surface area contributed by atoms with E-state index in [9.17, 15) is 17.6 Å². The molecule has 1 nitrogen and oxygen atoms in total. The molecule has 1 aliphatic rings. The van der Waals surface area contributed by atoms with Crippen LogP contribution in [0.25, 0.3) is 10.8 Å². The molecule has 4 rings (SSSR count). The van der Waals surface area contributed by atoms with Gasteiger partial charge in [0.2, 0.25) is 0 Å². The Morgan fingerprint density at radius 3 is 2.42 bits per heavy atom. The summed E-state index contributed by atoms with van der Waals surface area (Å²) in [5.74, 6) is 0.0132. The molecular weight excluding hydrogens is 404 g/mol. The van der Waals surface area contributed by atoms with Gasteiger partial charge in [-0.25, -0.2) is 4.39 Å². The van der Waals surface area contributed by atoms with Crippen LogP contribution >= 0.6 is 0 Å². The molecule has 0 N–H and O–H groups in total. The number of ether oxygens (including phenoxy) is 1. The van der Waals surface area contributed by atoms with E-state index in [0.29, 0.717) is 5.92 Å². The Labute approximate surface area is 180 Å². The van der Waals surface area contributed by atoms with Crippen molar-refractivity contribution in [1.82, 2.24) is 0 Å². The number of hydrogen-bond donors (Lipinski definition) is 0. The fourth-order valence-corrected chi connectivity index (χ4v) is 4.99. The van der Waals surface area contributed by atoms with Crippen LogP contribution in [-0.4, -0.2) is 6.36 Å². The average Bonchev–Trinajstić information content (AvgIpc) is 2.73. The van der Waals surface area contributed by atoms with Gasteiger partial charge in [-0.2, -0.15) is 0 Å². The Morgan fingerprint density at radius 1 is 0.968 bits per heavy atom. The van der Waals surface area contributed by atoms with Crippen LogP contribution in [0, 0.1) is 11.7 Å². The first-order valence-electron chi connectivity index (χ1n) is 10.9. The molecule has 31 heavy (non-hydrogen) atoms. The lowest BCUT2D eigenvalue weighted by atomic mass is 9.69. The predicted molar refractivity (Wildman–Crippen MR) is 115 cm³/mol. The van der Waals surface area contributed by atoms with E-state index in [1.807, 2.05) is 6.07 Å². The summed E-state index contributed by atoms with van der Waals surface area (Å²) >= 11 is 0. The molecule has 3 aromatic carbocycles. The third kappa shape index (κ3) is 4.86. The maximum absolute atomic E-state index is 14.0. The van der Waals surface area contributed by atoms with Crippen LogP contribution in [0.5, 0.6) is 5.75 Å². The fourth-order valence-electron chi connectivity index (χ4n) is 4.99. The van der Waals surface area contributed by atoms with Crippen molar-refractivity contribution >= 4 is 10.8 Å². The summed E-state index contributed by atoms with van der Waals surface area (Å²) in [7, 11) is 0. The van der Waals surface area contributed by atoms with Crippen LogP contribution in [-0.2, 0) is 6.42 Å². The summed E-state index contributed by atoms with van der Waals surface area (Å²) in [5.41, 5.74) is 3.30. The van der Waals surface area contributed by atoms with E-state index in [2.05, 4.69) is 17.7 Å². The highest BCUT2D eigenvalue weighted by atomic mass is 19.4. The lowest BCUT2D eigenvalue weighted by molar-refractivity contribution is -0.274. The van der Waals surface area contributed by atoms with Crippen molar-refractivity contribution in [3.63, 3.8) is 0 Å². The molecule has 2 atom stereocenters. The Morgan fingerprint density at radius 2 is 1.71 bits per heavy atom. The number of halogens is 4. The van der Waals surface area contributed by atoms with Gasteiger partial charge in [0.05, 0.1) is 0 Å². The quantitative estimate of drug-likeness (QED) is 0.283. The molecule has 0 fully saturated rings. The first kappa shape index (κ1) is 21.7. The van der Waals surface area contributed by atoms with Gasteiger partial charge in [-0.05, 0) is 76.9 Å². The summed E-state index contributed by atoms with van der Waals surface area (Å²) in [5, 5.41) is 1.95. The minimum absolute atomic E-state index is 0.0770. The van der Waals surface area contributed by atoms with Gasteiger partial charge in [0.15, 0.2) is 0 Å². The van der Waals surface area contributed by atoms with Crippen LogP contribution in [0.2, 0.25) is 0 Å². The van der Waals surface area contributed by atoms with Gasteiger partial charge in [0.1, 0.15) is 11.6 Å². The van der Waals surface area contributed by atoms with E-state index in [-0.39, 0.29) is 17.5 Å². The third-order valence-electron chi connectivity index (χ3n) is 6.35. The summed E-state index contributed by atoms with van der Waals surface area (Å²) in [6.07, 6.45) is 1.67. The van der Waals surface area contributed by atoms with Gasteiger partial charge in [-0.15, -0.1) is 13.2 Å². The van der Waals surface area contributed by atoms with Crippen LogP contribution in [0.3, 0.4) is 0 Å². The van der Waals surface area contributed by atoms with E-state index in [1.54, 1.807) is 24.3 Å². The van der Waals surface area contributed by atoms with Gasteiger partial charge in [0, 0.05) is 5.92 Å². The number of aryl methyl sites for hydroxylation is 1. The highest BCUT2D eigenvalue weighted by molar-refractivity contribution is 5.87. The van der Waals surface area contributed by atoms with E-state index >= 15 is 0 Å². The molecule has 0 aliphatic heterocycles. The molecule has 164 valence electrons.